The zero-order valence-electron chi connectivity index (χ0n) is 13.6. The summed E-state index contributed by atoms with van der Waals surface area (Å²) >= 11 is 0. The van der Waals surface area contributed by atoms with Gasteiger partial charge in [-0.2, -0.15) is 0 Å². The Balaban J connectivity index is 1.87. The van der Waals surface area contributed by atoms with Gasteiger partial charge in [0.25, 0.3) is 0 Å². The van der Waals surface area contributed by atoms with Crippen LogP contribution in [0.3, 0.4) is 0 Å². The fraction of sp³-hybridized carbons (Fsp3) is 0.167. The predicted molar refractivity (Wildman–Crippen MR) is 94.7 cm³/mol. The third kappa shape index (κ3) is 3.56. The van der Waals surface area contributed by atoms with E-state index in [1.54, 1.807) is 18.3 Å². The van der Waals surface area contributed by atoms with E-state index in [-0.39, 0.29) is 4.90 Å². The van der Waals surface area contributed by atoms with Gasteiger partial charge in [0.05, 0.1) is 4.90 Å². The van der Waals surface area contributed by atoms with Gasteiger partial charge in [-0.15, -0.1) is 0 Å². The Morgan fingerprint density at radius 1 is 1.12 bits per heavy atom. The molecular formula is C18H17FN2O3S. The number of benzene rings is 2. The fourth-order valence-corrected chi connectivity index (χ4v) is 4.07. The van der Waals surface area contributed by atoms with Crippen LogP contribution in [0.5, 0.6) is 0 Å². The van der Waals surface area contributed by atoms with Crippen molar-refractivity contribution in [2.75, 3.05) is 11.1 Å². The first-order chi connectivity index (χ1) is 11.9. The van der Waals surface area contributed by atoms with E-state index in [0.717, 1.165) is 5.52 Å². The summed E-state index contributed by atoms with van der Waals surface area (Å²) in [6.45, 7) is 2.54. The zero-order valence-corrected chi connectivity index (χ0v) is 14.4. The van der Waals surface area contributed by atoms with E-state index in [1.165, 1.54) is 24.3 Å². The maximum absolute atomic E-state index is 12.9. The number of nitrogens with one attached hydrogen (secondary N) is 1. The van der Waals surface area contributed by atoms with Crippen LogP contribution in [0.4, 0.5) is 10.1 Å². The molecule has 1 N–H and O–H groups in total. The minimum atomic E-state index is -3.81. The Hall–Kier alpha value is -2.67. The smallest absolute Gasteiger partial charge is 0.239 e. The first-order valence-electron chi connectivity index (χ1n) is 7.77. The van der Waals surface area contributed by atoms with Crippen LogP contribution >= 0.6 is 0 Å². The molecule has 1 amide bonds. The third-order valence-electron chi connectivity index (χ3n) is 3.88. The highest BCUT2D eigenvalue weighted by molar-refractivity contribution is 7.92. The van der Waals surface area contributed by atoms with Gasteiger partial charge in [-0.05, 0) is 37.3 Å². The van der Waals surface area contributed by atoms with Crippen LogP contribution < -0.4 is 5.32 Å². The summed E-state index contributed by atoms with van der Waals surface area (Å²) < 4.78 is 40.1. The molecule has 0 saturated carbocycles. The Labute approximate surface area is 145 Å². The van der Waals surface area contributed by atoms with Crippen molar-refractivity contribution >= 4 is 32.3 Å². The minimum absolute atomic E-state index is 0.138. The molecule has 0 atom stereocenters. The van der Waals surface area contributed by atoms with E-state index < -0.39 is 27.3 Å². The maximum Gasteiger partial charge on any atom is 0.239 e. The van der Waals surface area contributed by atoms with E-state index in [1.807, 2.05) is 23.6 Å². The number of para-hydroxylation sites is 1. The van der Waals surface area contributed by atoms with Crippen LogP contribution in [0.25, 0.3) is 10.9 Å². The fourth-order valence-electron chi connectivity index (χ4n) is 2.70. The van der Waals surface area contributed by atoms with Crippen molar-refractivity contribution < 1.29 is 17.6 Å². The molecule has 3 rings (SSSR count). The molecule has 0 radical (unpaired) electrons. The summed E-state index contributed by atoms with van der Waals surface area (Å²) in [6, 6.07) is 12.3. The summed E-state index contributed by atoms with van der Waals surface area (Å²) in [5.74, 6) is -1.78. The summed E-state index contributed by atoms with van der Waals surface area (Å²) in [6.07, 6.45) is 1.56. The Morgan fingerprint density at radius 2 is 1.80 bits per heavy atom. The van der Waals surface area contributed by atoms with E-state index in [4.69, 9.17) is 0 Å². The van der Waals surface area contributed by atoms with Crippen LogP contribution in [0.15, 0.2) is 59.6 Å². The van der Waals surface area contributed by atoms with Gasteiger partial charge in [-0.1, -0.05) is 18.2 Å². The molecule has 5 nitrogen and oxygen atoms in total. The SMILES string of the molecule is CCn1cc(S(=O)(=O)CC(=O)Nc2ccc(F)cc2)c2ccccc21. The molecule has 0 spiro atoms. The van der Waals surface area contributed by atoms with Crippen LogP contribution in [-0.2, 0) is 21.2 Å². The van der Waals surface area contributed by atoms with Crippen molar-refractivity contribution in [2.24, 2.45) is 0 Å². The Bertz CT molecular complexity index is 1020. The number of fused-ring (bicyclic) bond motifs is 1. The third-order valence-corrected chi connectivity index (χ3v) is 5.51. The molecule has 0 saturated heterocycles. The number of rotatable bonds is 5. The second-order valence-corrected chi connectivity index (χ2v) is 7.57. The average Bonchev–Trinajstić information content (AvgIpc) is 2.96. The maximum atomic E-state index is 12.9. The van der Waals surface area contributed by atoms with Crippen molar-refractivity contribution in [1.82, 2.24) is 4.57 Å². The van der Waals surface area contributed by atoms with E-state index in [0.29, 0.717) is 17.6 Å². The number of nitrogens with zero attached hydrogens (tertiary/aromatic N) is 1. The monoisotopic (exact) mass is 360 g/mol. The van der Waals surface area contributed by atoms with Crippen LogP contribution in [-0.4, -0.2) is 24.6 Å². The molecule has 1 aromatic heterocycles. The predicted octanol–water partition coefficient (Wildman–Crippen LogP) is 3.21. The molecule has 0 bridgehead atoms. The Morgan fingerprint density at radius 3 is 2.48 bits per heavy atom. The van der Waals surface area contributed by atoms with Gasteiger partial charge in [0, 0.05) is 29.3 Å². The largest absolute Gasteiger partial charge is 0.346 e. The quantitative estimate of drug-likeness (QED) is 0.760. The molecular weight excluding hydrogens is 343 g/mol. The van der Waals surface area contributed by atoms with Gasteiger partial charge in [0.15, 0.2) is 9.84 Å². The van der Waals surface area contributed by atoms with Gasteiger partial charge in [-0.3, -0.25) is 4.79 Å². The number of carbonyl (C=O) groups excluding carboxylic acids is 1. The van der Waals surface area contributed by atoms with Crippen molar-refractivity contribution in [3.05, 3.63) is 60.5 Å². The topological polar surface area (TPSA) is 68.2 Å². The second kappa shape index (κ2) is 6.68. The number of hydrogen-bond acceptors (Lipinski definition) is 3. The van der Waals surface area contributed by atoms with Gasteiger partial charge < -0.3 is 9.88 Å². The van der Waals surface area contributed by atoms with Crippen LogP contribution in [0.1, 0.15) is 6.92 Å². The number of aromatic nitrogens is 1. The number of hydrogen-bond donors (Lipinski definition) is 1. The summed E-state index contributed by atoms with van der Waals surface area (Å²) in [5, 5.41) is 3.07. The summed E-state index contributed by atoms with van der Waals surface area (Å²) in [7, 11) is -3.81. The first kappa shape index (κ1) is 17.2. The van der Waals surface area contributed by atoms with Crippen molar-refractivity contribution in [2.45, 2.75) is 18.4 Å². The van der Waals surface area contributed by atoms with Gasteiger partial charge >= 0.3 is 0 Å². The average molecular weight is 360 g/mol. The molecule has 7 heteroatoms. The lowest BCUT2D eigenvalue weighted by molar-refractivity contribution is -0.113. The van der Waals surface area contributed by atoms with Crippen molar-refractivity contribution in [1.29, 1.82) is 0 Å². The highest BCUT2D eigenvalue weighted by Gasteiger charge is 2.24. The normalized spacial score (nSPS) is 11.6. The number of amides is 1. The molecule has 0 fully saturated rings. The summed E-state index contributed by atoms with van der Waals surface area (Å²) in [4.78, 5) is 12.2. The molecule has 130 valence electrons. The molecule has 0 aliphatic heterocycles. The lowest BCUT2D eigenvalue weighted by atomic mass is 10.2. The molecule has 0 aliphatic rings. The number of halogens is 1. The standard InChI is InChI=1S/C18H17FN2O3S/c1-2-21-11-17(15-5-3-4-6-16(15)21)25(23,24)12-18(22)20-14-9-7-13(19)8-10-14/h3-11H,2,12H2,1H3,(H,20,22). The zero-order chi connectivity index (χ0) is 18.0. The molecule has 25 heavy (non-hydrogen) atoms. The lowest BCUT2D eigenvalue weighted by Crippen LogP contribution is -2.23. The second-order valence-electron chi connectivity index (χ2n) is 5.61. The molecule has 2 aromatic carbocycles. The van der Waals surface area contributed by atoms with Crippen LogP contribution in [0.2, 0.25) is 0 Å². The number of sulfone groups is 1. The molecule has 0 aliphatic carbocycles. The molecule has 3 aromatic rings. The summed E-state index contributed by atoms with van der Waals surface area (Å²) in [5.41, 5.74) is 1.15. The van der Waals surface area contributed by atoms with Crippen molar-refractivity contribution in [3.8, 4) is 0 Å². The Kier molecular flexibility index (Phi) is 4.59. The van der Waals surface area contributed by atoms with Gasteiger partial charge in [-0.25, -0.2) is 12.8 Å². The van der Waals surface area contributed by atoms with Gasteiger partial charge in [0.1, 0.15) is 11.6 Å². The van der Waals surface area contributed by atoms with Crippen LogP contribution in [0, 0.1) is 5.82 Å². The van der Waals surface area contributed by atoms with E-state index in [2.05, 4.69) is 5.32 Å². The van der Waals surface area contributed by atoms with E-state index >= 15 is 0 Å². The minimum Gasteiger partial charge on any atom is -0.346 e. The number of aryl methyl sites for hydroxylation is 1. The molecule has 0 unspecified atom stereocenters. The number of anilines is 1. The number of carbonyl (C=O) groups is 1. The highest BCUT2D eigenvalue weighted by Crippen LogP contribution is 2.26. The first-order valence-corrected chi connectivity index (χ1v) is 9.42. The van der Waals surface area contributed by atoms with Gasteiger partial charge in [0.2, 0.25) is 5.91 Å². The molecule has 1 heterocycles. The van der Waals surface area contributed by atoms with Crippen molar-refractivity contribution in [3.63, 3.8) is 0 Å². The van der Waals surface area contributed by atoms with E-state index in [9.17, 15) is 17.6 Å². The highest BCUT2D eigenvalue weighted by atomic mass is 32.2. The lowest BCUT2D eigenvalue weighted by Gasteiger charge is -2.06.